The Labute approximate surface area is 103 Å². The van der Waals surface area contributed by atoms with Gasteiger partial charge >= 0.3 is 0 Å². The summed E-state index contributed by atoms with van der Waals surface area (Å²) in [5.74, 6) is -0.589. The third-order valence-electron chi connectivity index (χ3n) is 2.35. The van der Waals surface area contributed by atoms with Crippen LogP contribution in [0.15, 0.2) is 42.7 Å². The lowest BCUT2D eigenvalue weighted by atomic mass is 10.0. The van der Waals surface area contributed by atoms with Crippen molar-refractivity contribution in [3.8, 4) is 0 Å². The summed E-state index contributed by atoms with van der Waals surface area (Å²) >= 11 is 5.90. The van der Waals surface area contributed by atoms with Crippen molar-refractivity contribution in [3.05, 3.63) is 64.7 Å². The van der Waals surface area contributed by atoms with Gasteiger partial charge in [-0.1, -0.05) is 23.7 Å². The van der Waals surface area contributed by atoms with E-state index >= 15 is 0 Å². The van der Waals surface area contributed by atoms with E-state index < -0.39 is 5.82 Å². The number of benzene rings is 1. The Morgan fingerprint density at radius 3 is 2.88 bits per heavy atom. The van der Waals surface area contributed by atoms with Crippen molar-refractivity contribution in [1.29, 1.82) is 0 Å². The molecule has 0 saturated heterocycles. The standard InChI is InChI=1S/C13H9ClFNO/c14-12-8-16-5-4-9(12)7-13(17)10-2-1-3-11(15)6-10/h1-6,8H,7H2. The van der Waals surface area contributed by atoms with Gasteiger partial charge in [-0.15, -0.1) is 0 Å². The molecule has 4 heteroatoms. The molecule has 1 aromatic carbocycles. The minimum atomic E-state index is -0.420. The lowest BCUT2D eigenvalue weighted by molar-refractivity contribution is 0.0992. The fourth-order valence-electron chi connectivity index (χ4n) is 1.48. The molecule has 1 heterocycles. The van der Waals surface area contributed by atoms with Gasteiger partial charge in [0.05, 0.1) is 5.02 Å². The summed E-state index contributed by atoms with van der Waals surface area (Å²) in [4.78, 5) is 15.7. The smallest absolute Gasteiger partial charge is 0.167 e. The first-order valence-electron chi connectivity index (χ1n) is 5.04. The van der Waals surface area contributed by atoms with Crippen molar-refractivity contribution in [2.75, 3.05) is 0 Å². The number of pyridine rings is 1. The Balaban J connectivity index is 2.20. The van der Waals surface area contributed by atoms with E-state index in [0.29, 0.717) is 16.1 Å². The van der Waals surface area contributed by atoms with Crippen LogP contribution in [0.5, 0.6) is 0 Å². The number of hydrogen-bond donors (Lipinski definition) is 0. The number of carbonyl (C=O) groups is 1. The van der Waals surface area contributed by atoms with Crippen molar-refractivity contribution in [2.24, 2.45) is 0 Å². The number of rotatable bonds is 3. The highest BCUT2D eigenvalue weighted by molar-refractivity contribution is 6.31. The van der Waals surface area contributed by atoms with Crippen molar-refractivity contribution in [2.45, 2.75) is 6.42 Å². The fourth-order valence-corrected chi connectivity index (χ4v) is 1.67. The number of carbonyl (C=O) groups excluding carboxylic acids is 1. The monoisotopic (exact) mass is 249 g/mol. The minimum Gasteiger partial charge on any atom is -0.294 e. The lowest BCUT2D eigenvalue weighted by Crippen LogP contribution is -2.04. The molecule has 2 aromatic rings. The third kappa shape index (κ3) is 2.88. The summed E-state index contributed by atoms with van der Waals surface area (Å²) in [6.45, 7) is 0. The van der Waals surface area contributed by atoms with Crippen LogP contribution < -0.4 is 0 Å². The summed E-state index contributed by atoms with van der Waals surface area (Å²) in [5, 5.41) is 0.442. The highest BCUT2D eigenvalue weighted by atomic mass is 35.5. The molecular formula is C13H9ClFNO. The number of aromatic nitrogens is 1. The topological polar surface area (TPSA) is 30.0 Å². The average Bonchev–Trinajstić information content (AvgIpc) is 2.32. The van der Waals surface area contributed by atoms with Gasteiger partial charge in [-0.05, 0) is 23.8 Å². The Kier molecular flexibility index (Phi) is 3.49. The molecule has 17 heavy (non-hydrogen) atoms. The van der Waals surface area contributed by atoms with Crippen LogP contribution in [0.1, 0.15) is 15.9 Å². The van der Waals surface area contributed by atoms with Gasteiger partial charge in [-0.3, -0.25) is 9.78 Å². The summed E-state index contributed by atoms with van der Waals surface area (Å²) < 4.78 is 13.0. The first-order chi connectivity index (χ1) is 8.16. The van der Waals surface area contributed by atoms with Crippen LogP contribution in [-0.2, 0) is 6.42 Å². The molecule has 0 aliphatic carbocycles. The Hall–Kier alpha value is -1.74. The van der Waals surface area contributed by atoms with Gasteiger partial charge in [0.2, 0.25) is 0 Å². The second kappa shape index (κ2) is 5.06. The van der Waals surface area contributed by atoms with Gasteiger partial charge in [-0.25, -0.2) is 4.39 Å². The maximum Gasteiger partial charge on any atom is 0.167 e. The van der Waals surface area contributed by atoms with E-state index in [1.807, 2.05) is 0 Å². The van der Waals surface area contributed by atoms with Crippen LogP contribution in [0.2, 0.25) is 5.02 Å². The molecule has 0 radical (unpaired) electrons. The molecule has 0 saturated carbocycles. The molecule has 2 nitrogen and oxygen atoms in total. The Morgan fingerprint density at radius 1 is 1.35 bits per heavy atom. The third-order valence-corrected chi connectivity index (χ3v) is 2.69. The Morgan fingerprint density at radius 2 is 2.18 bits per heavy atom. The zero-order chi connectivity index (χ0) is 12.3. The van der Waals surface area contributed by atoms with E-state index in [-0.39, 0.29) is 12.2 Å². The van der Waals surface area contributed by atoms with Crippen molar-refractivity contribution < 1.29 is 9.18 Å². The van der Waals surface area contributed by atoms with Gasteiger partial charge < -0.3 is 0 Å². The molecule has 0 aliphatic heterocycles. The SMILES string of the molecule is O=C(Cc1ccncc1Cl)c1cccc(F)c1. The van der Waals surface area contributed by atoms with Crippen LogP contribution in [0.4, 0.5) is 4.39 Å². The van der Waals surface area contributed by atoms with Crippen LogP contribution in [0.3, 0.4) is 0 Å². The number of halogens is 2. The second-order valence-electron chi connectivity index (χ2n) is 3.58. The predicted octanol–water partition coefficient (Wildman–Crippen LogP) is 3.30. The van der Waals surface area contributed by atoms with Gasteiger partial charge in [0.25, 0.3) is 0 Å². The van der Waals surface area contributed by atoms with Crippen molar-refractivity contribution in [3.63, 3.8) is 0 Å². The molecule has 0 N–H and O–H groups in total. The van der Waals surface area contributed by atoms with Crippen LogP contribution in [-0.4, -0.2) is 10.8 Å². The molecule has 0 spiro atoms. The van der Waals surface area contributed by atoms with Gasteiger partial charge in [-0.2, -0.15) is 0 Å². The second-order valence-corrected chi connectivity index (χ2v) is 3.98. The molecule has 86 valence electrons. The number of nitrogens with zero attached hydrogens (tertiary/aromatic N) is 1. The minimum absolute atomic E-state index is 0.144. The van der Waals surface area contributed by atoms with E-state index in [1.165, 1.54) is 24.4 Å². The number of hydrogen-bond acceptors (Lipinski definition) is 2. The molecular weight excluding hydrogens is 241 g/mol. The molecule has 0 fully saturated rings. The molecule has 0 bridgehead atoms. The first-order valence-corrected chi connectivity index (χ1v) is 5.42. The quantitative estimate of drug-likeness (QED) is 0.782. The van der Waals surface area contributed by atoms with Crippen molar-refractivity contribution in [1.82, 2.24) is 4.98 Å². The lowest BCUT2D eigenvalue weighted by Gasteiger charge is -2.03. The summed E-state index contributed by atoms with van der Waals surface area (Å²) in [7, 11) is 0. The zero-order valence-corrected chi connectivity index (χ0v) is 9.62. The maximum absolute atomic E-state index is 13.0. The van der Waals surface area contributed by atoms with E-state index in [4.69, 9.17) is 11.6 Å². The molecule has 0 amide bonds. The molecule has 0 aliphatic rings. The van der Waals surface area contributed by atoms with Crippen LogP contribution in [0, 0.1) is 5.82 Å². The summed E-state index contributed by atoms with van der Waals surface area (Å²) in [6, 6.07) is 7.30. The molecule has 1 aromatic heterocycles. The molecule has 0 unspecified atom stereocenters. The zero-order valence-electron chi connectivity index (χ0n) is 8.86. The largest absolute Gasteiger partial charge is 0.294 e. The van der Waals surface area contributed by atoms with E-state index in [0.717, 1.165) is 0 Å². The van der Waals surface area contributed by atoms with E-state index in [2.05, 4.69) is 4.98 Å². The maximum atomic E-state index is 13.0. The van der Waals surface area contributed by atoms with Gasteiger partial charge in [0.15, 0.2) is 5.78 Å². The van der Waals surface area contributed by atoms with E-state index in [1.54, 1.807) is 18.3 Å². The van der Waals surface area contributed by atoms with Gasteiger partial charge in [0, 0.05) is 24.4 Å². The van der Waals surface area contributed by atoms with Gasteiger partial charge in [0.1, 0.15) is 5.82 Å². The van der Waals surface area contributed by atoms with Crippen LogP contribution >= 0.6 is 11.6 Å². The fraction of sp³-hybridized carbons (Fsp3) is 0.0769. The highest BCUT2D eigenvalue weighted by Gasteiger charge is 2.10. The average molecular weight is 250 g/mol. The molecule has 2 rings (SSSR count). The molecule has 0 atom stereocenters. The summed E-state index contributed by atoms with van der Waals surface area (Å²) in [5.41, 5.74) is 1.04. The first kappa shape index (κ1) is 11.7. The highest BCUT2D eigenvalue weighted by Crippen LogP contribution is 2.16. The Bertz CT molecular complexity index is 557. The number of ketones is 1. The number of Topliss-reactive ketones (excluding diaryl/α,β-unsaturated/α-hetero) is 1. The summed E-state index contributed by atoms with van der Waals surface area (Å²) in [6.07, 6.45) is 3.20. The van der Waals surface area contributed by atoms with Crippen LogP contribution in [0.25, 0.3) is 0 Å². The van der Waals surface area contributed by atoms with Crippen molar-refractivity contribution >= 4 is 17.4 Å². The normalized spacial score (nSPS) is 10.2. The van der Waals surface area contributed by atoms with E-state index in [9.17, 15) is 9.18 Å². The predicted molar refractivity (Wildman–Crippen MR) is 63.7 cm³/mol.